The molecule has 3 rings (SSSR count). The van der Waals surface area contributed by atoms with Crippen molar-refractivity contribution in [3.8, 4) is 22.9 Å². The smallest absolute Gasteiger partial charge is 0.335 e. The summed E-state index contributed by atoms with van der Waals surface area (Å²) < 4.78 is 5.76. The molecule has 0 amide bonds. The SMILES string of the molecule is N#Cc1ccccc1COc1cc(-c2ccc(C(=O)O)cc2)cnc1N. The van der Waals surface area contributed by atoms with Crippen LogP contribution in [0.15, 0.2) is 60.8 Å². The van der Waals surface area contributed by atoms with E-state index in [1.54, 1.807) is 36.5 Å². The van der Waals surface area contributed by atoms with E-state index in [9.17, 15) is 4.79 Å². The number of rotatable bonds is 5. The van der Waals surface area contributed by atoms with Crippen molar-refractivity contribution in [3.63, 3.8) is 0 Å². The molecule has 0 bridgehead atoms. The first kappa shape index (κ1) is 17.0. The number of nitriles is 1. The van der Waals surface area contributed by atoms with E-state index in [4.69, 9.17) is 20.8 Å². The second-order valence-corrected chi connectivity index (χ2v) is 5.55. The summed E-state index contributed by atoms with van der Waals surface area (Å²) in [4.78, 5) is 15.1. The molecule has 0 fully saturated rings. The topological polar surface area (TPSA) is 109 Å². The maximum atomic E-state index is 10.9. The average molecular weight is 345 g/mol. The number of ether oxygens (including phenoxy) is 1. The van der Waals surface area contributed by atoms with Crippen molar-refractivity contribution in [2.45, 2.75) is 6.61 Å². The summed E-state index contributed by atoms with van der Waals surface area (Å²) in [6.45, 7) is 0.191. The zero-order valence-electron chi connectivity index (χ0n) is 13.7. The molecular formula is C20H15N3O3. The molecule has 6 nitrogen and oxygen atoms in total. The van der Waals surface area contributed by atoms with Crippen molar-refractivity contribution in [1.82, 2.24) is 4.98 Å². The first-order chi connectivity index (χ1) is 12.6. The first-order valence-electron chi connectivity index (χ1n) is 7.78. The molecule has 0 aliphatic carbocycles. The second kappa shape index (κ2) is 7.36. The van der Waals surface area contributed by atoms with Gasteiger partial charge in [-0.2, -0.15) is 5.26 Å². The lowest BCUT2D eigenvalue weighted by Crippen LogP contribution is -2.02. The van der Waals surface area contributed by atoms with Gasteiger partial charge < -0.3 is 15.6 Å². The van der Waals surface area contributed by atoms with Crippen molar-refractivity contribution < 1.29 is 14.6 Å². The van der Waals surface area contributed by atoms with Crippen LogP contribution in [0.4, 0.5) is 5.82 Å². The summed E-state index contributed by atoms with van der Waals surface area (Å²) in [6.07, 6.45) is 1.60. The van der Waals surface area contributed by atoms with Crippen LogP contribution in [0.1, 0.15) is 21.5 Å². The number of nitrogen functional groups attached to an aromatic ring is 1. The Morgan fingerprint density at radius 3 is 2.58 bits per heavy atom. The van der Waals surface area contributed by atoms with E-state index in [0.29, 0.717) is 11.3 Å². The van der Waals surface area contributed by atoms with Crippen LogP contribution in [0.2, 0.25) is 0 Å². The average Bonchev–Trinajstić information content (AvgIpc) is 2.67. The van der Waals surface area contributed by atoms with Gasteiger partial charge in [0.1, 0.15) is 6.61 Å². The molecular weight excluding hydrogens is 330 g/mol. The minimum absolute atomic E-state index is 0.191. The zero-order valence-corrected chi connectivity index (χ0v) is 13.7. The summed E-state index contributed by atoms with van der Waals surface area (Å²) in [6, 6.07) is 17.5. The van der Waals surface area contributed by atoms with E-state index >= 15 is 0 Å². The molecule has 0 atom stereocenters. The Morgan fingerprint density at radius 2 is 1.88 bits per heavy atom. The highest BCUT2D eigenvalue weighted by atomic mass is 16.5. The maximum Gasteiger partial charge on any atom is 0.335 e. The predicted octanol–water partition coefficient (Wildman–Crippen LogP) is 3.48. The van der Waals surface area contributed by atoms with Crippen molar-refractivity contribution in [1.29, 1.82) is 5.26 Å². The quantitative estimate of drug-likeness (QED) is 0.732. The van der Waals surface area contributed by atoms with Gasteiger partial charge in [-0.05, 0) is 29.8 Å². The second-order valence-electron chi connectivity index (χ2n) is 5.55. The maximum absolute atomic E-state index is 10.9. The van der Waals surface area contributed by atoms with Gasteiger partial charge in [0.15, 0.2) is 11.6 Å². The molecule has 6 heteroatoms. The molecule has 128 valence electrons. The largest absolute Gasteiger partial charge is 0.485 e. The molecule has 0 unspecified atom stereocenters. The Morgan fingerprint density at radius 1 is 1.15 bits per heavy atom. The van der Waals surface area contributed by atoms with Gasteiger partial charge in [-0.1, -0.05) is 30.3 Å². The molecule has 26 heavy (non-hydrogen) atoms. The van der Waals surface area contributed by atoms with Gasteiger partial charge in [0, 0.05) is 17.3 Å². The van der Waals surface area contributed by atoms with Gasteiger partial charge in [-0.3, -0.25) is 0 Å². The van der Waals surface area contributed by atoms with Crippen molar-refractivity contribution >= 4 is 11.8 Å². The highest BCUT2D eigenvalue weighted by Crippen LogP contribution is 2.28. The number of nitrogens with two attached hydrogens (primary N) is 1. The fourth-order valence-corrected chi connectivity index (χ4v) is 2.44. The third-order valence-electron chi connectivity index (χ3n) is 3.87. The van der Waals surface area contributed by atoms with Gasteiger partial charge in [0.2, 0.25) is 0 Å². The van der Waals surface area contributed by atoms with Crippen LogP contribution in [0.5, 0.6) is 5.75 Å². The Kier molecular flexibility index (Phi) is 4.81. The van der Waals surface area contributed by atoms with Gasteiger partial charge in [-0.25, -0.2) is 9.78 Å². The summed E-state index contributed by atoms with van der Waals surface area (Å²) in [7, 11) is 0. The van der Waals surface area contributed by atoms with Gasteiger partial charge >= 0.3 is 5.97 Å². The van der Waals surface area contributed by atoms with Crippen LogP contribution in [0.25, 0.3) is 11.1 Å². The third kappa shape index (κ3) is 3.62. The van der Waals surface area contributed by atoms with Gasteiger partial charge in [0.05, 0.1) is 17.2 Å². The Labute approximate surface area is 150 Å². The number of pyridine rings is 1. The van der Waals surface area contributed by atoms with Crippen LogP contribution in [0, 0.1) is 11.3 Å². The molecule has 3 aromatic rings. The van der Waals surface area contributed by atoms with Crippen LogP contribution in [-0.2, 0) is 6.61 Å². The molecule has 1 heterocycles. The molecule has 0 aliphatic heterocycles. The van der Waals surface area contributed by atoms with E-state index < -0.39 is 5.97 Å². The molecule has 3 N–H and O–H groups in total. The highest BCUT2D eigenvalue weighted by molar-refractivity contribution is 5.88. The molecule has 0 spiro atoms. The Bertz CT molecular complexity index is 992. The Balaban J connectivity index is 1.84. The van der Waals surface area contributed by atoms with Crippen molar-refractivity contribution in [2.75, 3.05) is 5.73 Å². The zero-order chi connectivity index (χ0) is 18.5. The number of aromatic nitrogens is 1. The fourth-order valence-electron chi connectivity index (χ4n) is 2.44. The van der Waals surface area contributed by atoms with E-state index in [1.165, 1.54) is 12.1 Å². The number of carboxylic acids is 1. The van der Waals surface area contributed by atoms with Crippen LogP contribution in [-0.4, -0.2) is 16.1 Å². The summed E-state index contributed by atoms with van der Waals surface area (Å²) in [5.41, 5.74) is 8.94. The number of carbonyl (C=O) groups is 1. The molecule has 0 saturated carbocycles. The lowest BCUT2D eigenvalue weighted by molar-refractivity contribution is 0.0697. The number of aromatic carboxylic acids is 1. The van der Waals surface area contributed by atoms with E-state index in [2.05, 4.69) is 11.1 Å². The number of benzene rings is 2. The summed E-state index contributed by atoms with van der Waals surface area (Å²) in [5, 5.41) is 18.1. The van der Waals surface area contributed by atoms with Crippen LogP contribution >= 0.6 is 0 Å². The molecule has 2 aromatic carbocycles. The standard InChI is InChI=1S/C20H15N3O3/c21-10-15-3-1-2-4-16(15)12-26-18-9-17(11-23-19(18)22)13-5-7-14(8-6-13)20(24)25/h1-9,11H,12H2,(H2,22,23)(H,24,25). The fraction of sp³-hybridized carbons (Fsp3) is 0.0500. The number of hydrogen-bond donors (Lipinski definition) is 2. The third-order valence-corrected chi connectivity index (χ3v) is 3.87. The lowest BCUT2D eigenvalue weighted by atomic mass is 10.1. The number of hydrogen-bond acceptors (Lipinski definition) is 5. The number of carboxylic acid groups (broad SMARTS) is 1. The molecule has 0 radical (unpaired) electrons. The molecule has 0 saturated heterocycles. The van der Waals surface area contributed by atoms with Crippen molar-refractivity contribution in [3.05, 3.63) is 77.5 Å². The molecule has 1 aromatic heterocycles. The van der Waals surface area contributed by atoms with E-state index in [-0.39, 0.29) is 18.0 Å². The number of nitrogens with zero attached hydrogens (tertiary/aromatic N) is 2. The van der Waals surface area contributed by atoms with Crippen LogP contribution in [0.3, 0.4) is 0 Å². The predicted molar refractivity (Wildman–Crippen MR) is 96.5 cm³/mol. The summed E-state index contributed by atoms with van der Waals surface area (Å²) in [5.74, 6) is -0.338. The number of anilines is 1. The monoisotopic (exact) mass is 345 g/mol. The van der Waals surface area contributed by atoms with E-state index in [0.717, 1.165) is 16.7 Å². The van der Waals surface area contributed by atoms with Crippen molar-refractivity contribution in [2.24, 2.45) is 0 Å². The van der Waals surface area contributed by atoms with Crippen LogP contribution < -0.4 is 10.5 Å². The minimum atomic E-state index is -0.979. The molecule has 0 aliphatic rings. The van der Waals surface area contributed by atoms with E-state index in [1.807, 2.05) is 12.1 Å². The van der Waals surface area contributed by atoms with Gasteiger partial charge in [-0.15, -0.1) is 0 Å². The summed E-state index contributed by atoms with van der Waals surface area (Å²) >= 11 is 0. The normalized spacial score (nSPS) is 10.1. The highest BCUT2D eigenvalue weighted by Gasteiger charge is 2.09. The minimum Gasteiger partial charge on any atom is -0.485 e. The first-order valence-corrected chi connectivity index (χ1v) is 7.78. The lowest BCUT2D eigenvalue weighted by Gasteiger charge is -2.11. The van der Waals surface area contributed by atoms with Gasteiger partial charge in [0.25, 0.3) is 0 Å². The Hall–Kier alpha value is -3.85.